The molecular weight excluding hydrogens is 444 g/mol. The van der Waals surface area contributed by atoms with Crippen molar-refractivity contribution in [3.05, 3.63) is 64.7 Å². The number of rotatable bonds is 10. The van der Waals surface area contributed by atoms with Crippen LogP contribution in [0.1, 0.15) is 43.0 Å². The first-order valence-corrected chi connectivity index (χ1v) is 12.0. The van der Waals surface area contributed by atoms with Crippen molar-refractivity contribution >= 4 is 17.4 Å². The van der Waals surface area contributed by atoms with Crippen LogP contribution in [-0.4, -0.2) is 67.5 Å². The number of methoxy groups -OCH3 is 1. The van der Waals surface area contributed by atoms with E-state index in [2.05, 4.69) is 13.8 Å². The molecule has 0 aliphatic carbocycles. The van der Waals surface area contributed by atoms with Gasteiger partial charge in [0.15, 0.2) is 0 Å². The van der Waals surface area contributed by atoms with Crippen LogP contribution < -0.4 is 9.47 Å². The highest BCUT2D eigenvalue weighted by Gasteiger charge is 2.46. The number of carbonyl (C=O) groups excluding carboxylic acids is 2. The number of likely N-dealkylation sites (tertiary alicyclic amines) is 1. The number of hydrogen-bond acceptors (Lipinski definition) is 6. The van der Waals surface area contributed by atoms with Gasteiger partial charge in [-0.05, 0) is 69.7 Å². The molecule has 0 saturated carbocycles. The van der Waals surface area contributed by atoms with Crippen molar-refractivity contribution in [3.8, 4) is 11.5 Å². The molecule has 1 heterocycles. The van der Waals surface area contributed by atoms with E-state index in [9.17, 15) is 14.7 Å². The molecule has 1 aliphatic rings. The lowest BCUT2D eigenvalue weighted by molar-refractivity contribution is -0.140. The maximum Gasteiger partial charge on any atom is 0.295 e. The Balaban J connectivity index is 2.09. The fraction of sp³-hybridized carbons (Fsp3) is 0.429. The SMILES string of the molecule is COc1ccccc1[C@@H]1C(=C(O)c2ccc(OCC(C)C)cc2C)C(=O)C(=O)N1CCCN(C)C. The minimum Gasteiger partial charge on any atom is -0.507 e. The average Bonchev–Trinajstić information content (AvgIpc) is 3.07. The van der Waals surface area contributed by atoms with Gasteiger partial charge in [-0.2, -0.15) is 0 Å². The molecule has 7 nitrogen and oxygen atoms in total. The van der Waals surface area contributed by atoms with Crippen LogP contribution in [0.15, 0.2) is 48.0 Å². The highest BCUT2D eigenvalue weighted by molar-refractivity contribution is 6.46. The fourth-order valence-electron chi connectivity index (χ4n) is 4.28. The van der Waals surface area contributed by atoms with Crippen LogP contribution in [0.2, 0.25) is 0 Å². The van der Waals surface area contributed by atoms with E-state index in [-0.39, 0.29) is 11.3 Å². The van der Waals surface area contributed by atoms with Gasteiger partial charge in [0, 0.05) is 17.7 Å². The fourth-order valence-corrected chi connectivity index (χ4v) is 4.28. The number of nitrogens with zero attached hydrogens (tertiary/aromatic N) is 2. The van der Waals surface area contributed by atoms with E-state index in [0.29, 0.717) is 48.1 Å². The third-order valence-corrected chi connectivity index (χ3v) is 6.01. The van der Waals surface area contributed by atoms with E-state index in [1.165, 1.54) is 0 Å². The van der Waals surface area contributed by atoms with Crippen molar-refractivity contribution in [1.29, 1.82) is 0 Å². The standard InChI is InChI=1S/C28H36N2O5/c1-18(2)17-35-20-12-13-21(19(3)16-20)26(31)24-25(22-10-7-8-11-23(22)34-6)30(28(33)27(24)32)15-9-14-29(4)5/h7-8,10-13,16,18,25,31H,9,14-15,17H2,1-6H3/t25-/m1/s1. The predicted molar refractivity (Wildman–Crippen MR) is 137 cm³/mol. The second kappa shape index (κ2) is 11.4. The average molecular weight is 481 g/mol. The summed E-state index contributed by atoms with van der Waals surface area (Å²) in [6, 6.07) is 11.9. The molecule has 0 radical (unpaired) electrons. The third-order valence-electron chi connectivity index (χ3n) is 6.01. The minimum absolute atomic E-state index is 0.0725. The molecule has 3 rings (SSSR count). The maximum atomic E-state index is 13.3. The Bertz CT molecular complexity index is 1110. The molecule has 2 aromatic carbocycles. The lowest BCUT2D eigenvalue weighted by Gasteiger charge is -2.27. The van der Waals surface area contributed by atoms with Gasteiger partial charge in [-0.15, -0.1) is 0 Å². The summed E-state index contributed by atoms with van der Waals surface area (Å²) in [5.74, 6) is 0.128. The summed E-state index contributed by atoms with van der Waals surface area (Å²) >= 11 is 0. The molecule has 2 aromatic rings. The molecule has 0 bridgehead atoms. The van der Waals surface area contributed by atoms with Gasteiger partial charge in [-0.3, -0.25) is 9.59 Å². The van der Waals surface area contributed by atoms with Crippen LogP contribution in [0.25, 0.3) is 5.76 Å². The Morgan fingerprint density at radius 2 is 1.86 bits per heavy atom. The lowest BCUT2D eigenvalue weighted by Crippen LogP contribution is -2.32. The van der Waals surface area contributed by atoms with E-state index in [1.54, 1.807) is 30.2 Å². The molecular formula is C28H36N2O5. The molecule has 0 unspecified atom stereocenters. The van der Waals surface area contributed by atoms with Crippen molar-refractivity contribution in [2.45, 2.75) is 33.2 Å². The number of benzene rings is 2. The zero-order valence-corrected chi connectivity index (χ0v) is 21.5. The monoisotopic (exact) mass is 480 g/mol. The number of Topliss-reactive ketones (excluding diaryl/α,β-unsaturated/α-hetero) is 1. The molecule has 1 aliphatic heterocycles. The summed E-state index contributed by atoms with van der Waals surface area (Å²) in [6.07, 6.45) is 0.687. The number of hydrogen-bond donors (Lipinski definition) is 1. The van der Waals surface area contributed by atoms with Crippen LogP contribution in [-0.2, 0) is 9.59 Å². The molecule has 1 atom stereocenters. The molecule has 1 saturated heterocycles. The van der Waals surface area contributed by atoms with Crippen molar-refractivity contribution in [2.24, 2.45) is 5.92 Å². The van der Waals surface area contributed by atoms with E-state index >= 15 is 0 Å². The number of aryl methyl sites for hydroxylation is 1. The van der Waals surface area contributed by atoms with Gasteiger partial charge < -0.3 is 24.4 Å². The van der Waals surface area contributed by atoms with Crippen LogP contribution in [0.5, 0.6) is 11.5 Å². The summed E-state index contributed by atoms with van der Waals surface area (Å²) in [6.45, 7) is 7.71. The largest absolute Gasteiger partial charge is 0.507 e. The Morgan fingerprint density at radius 1 is 1.14 bits per heavy atom. The summed E-state index contributed by atoms with van der Waals surface area (Å²) in [5.41, 5.74) is 1.98. The van der Waals surface area contributed by atoms with E-state index in [4.69, 9.17) is 9.47 Å². The number of amides is 1. The highest BCUT2D eigenvalue weighted by Crippen LogP contribution is 2.43. The smallest absolute Gasteiger partial charge is 0.295 e. The Labute approximate surface area is 207 Å². The summed E-state index contributed by atoms with van der Waals surface area (Å²) in [7, 11) is 5.48. The molecule has 1 fully saturated rings. The van der Waals surface area contributed by atoms with Gasteiger partial charge in [-0.1, -0.05) is 32.0 Å². The molecule has 188 valence electrons. The Kier molecular flexibility index (Phi) is 8.57. The van der Waals surface area contributed by atoms with Crippen LogP contribution >= 0.6 is 0 Å². The van der Waals surface area contributed by atoms with Gasteiger partial charge in [0.05, 0.1) is 25.3 Å². The Morgan fingerprint density at radius 3 is 2.49 bits per heavy atom. The Hall–Kier alpha value is -3.32. The number of aliphatic hydroxyl groups is 1. The maximum absolute atomic E-state index is 13.3. The second-order valence-electron chi connectivity index (χ2n) is 9.57. The molecule has 7 heteroatoms. The number of para-hydroxylation sites is 1. The summed E-state index contributed by atoms with van der Waals surface area (Å²) < 4.78 is 11.4. The van der Waals surface area contributed by atoms with Gasteiger partial charge in [-0.25, -0.2) is 0 Å². The molecule has 1 N–H and O–H groups in total. The van der Waals surface area contributed by atoms with Gasteiger partial charge in [0.2, 0.25) is 0 Å². The van der Waals surface area contributed by atoms with Gasteiger partial charge in [0.1, 0.15) is 17.3 Å². The summed E-state index contributed by atoms with van der Waals surface area (Å²) in [4.78, 5) is 30.0. The van der Waals surface area contributed by atoms with Crippen molar-refractivity contribution in [1.82, 2.24) is 9.80 Å². The number of ether oxygens (including phenoxy) is 2. The van der Waals surface area contributed by atoms with Crippen LogP contribution in [0, 0.1) is 12.8 Å². The number of aliphatic hydroxyl groups excluding tert-OH is 1. The van der Waals surface area contributed by atoms with Crippen molar-refractivity contribution in [2.75, 3.05) is 40.9 Å². The second-order valence-corrected chi connectivity index (χ2v) is 9.57. The zero-order valence-electron chi connectivity index (χ0n) is 21.5. The lowest BCUT2D eigenvalue weighted by atomic mass is 9.93. The first-order valence-electron chi connectivity index (χ1n) is 12.0. The van der Waals surface area contributed by atoms with Crippen LogP contribution in [0.4, 0.5) is 0 Å². The quantitative estimate of drug-likeness (QED) is 0.308. The first kappa shape index (κ1) is 26.3. The van der Waals surface area contributed by atoms with Crippen molar-refractivity contribution < 1.29 is 24.2 Å². The third kappa shape index (κ3) is 5.85. The van der Waals surface area contributed by atoms with Gasteiger partial charge >= 0.3 is 0 Å². The molecule has 35 heavy (non-hydrogen) atoms. The molecule has 0 spiro atoms. The summed E-state index contributed by atoms with van der Waals surface area (Å²) in [5, 5.41) is 11.4. The van der Waals surface area contributed by atoms with E-state index in [1.807, 2.05) is 50.2 Å². The molecule has 0 aromatic heterocycles. The first-order chi connectivity index (χ1) is 16.6. The topological polar surface area (TPSA) is 79.3 Å². The normalized spacial score (nSPS) is 17.5. The number of ketones is 1. The van der Waals surface area contributed by atoms with E-state index in [0.717, 1.165) is 12.1 Å². The molecule has 1 amide bonds. The van der Waals surface area contributed by atoms with E-state index < -0.39 is 17.7 Å². The predicted octanol–water partition coefficient (Wildman–Crippen LogP) is 4.41. The van der Waals surface area contributed by atoms with Crippen molar-refractivity contribution in [3.63, 3.8) is 0 Å². The number of carbonyl (C=O) groups is 2. The highest BCUT2D eigenvalue weighted by atomic mass is 16.5. The zero-order chi connectivity index (χ0) is 25.7. The van der Waals surface area contributed by atoms with Gasteiger partial charge in [0.25, 0.3) is 11.7 Å². The van der Waals surface area contributed by atoms with Crippen LogP contribution in [0.3, 0.4) is 0 Å². The minimum atomic E-state index is -0.746.